The van der Waals surface area contributed by atoms with Gasteiger partial charge in [0.2, 0.25) is 10.4 Å². The second-order valence-corrected chi connectivity index (χ2v) is 9.23. The van der Waals surface area contributed by atoms with E-state index in [1.807, 2.05) is 0 Å². The van der Waals surface area contributed by atoms with E-state index in [9.17, 15) is 13.0 Å². The molecular weight excluding hydrogens is 320 g/mol. The molecule has 1 unspecified atom stereocenters. The summed E-state index contributed by atoms with van der Waals surface area (Å²) in [5.74, 6) is 2.87. The number of hydrogen-bond acceptors (Lipinski definition) is 4. The van der Waals surface area contributed by atoms with Gasteiger partial charge in [-0.25, -0.2) is 8.42 Å². The van der Waals surface area contributed by atoms with Gasteiger partial charge in [-0.3, -0.25) is 4.18 Å². The van der Waals surface area contributed by atoms with Crippen LogP contribution in [0.2, 0.25) is 0 Å². The predicted molar refractivity (Wildman–Crippen MR) is 97.2 cm³/mol. The van der Waals surface area contributed by atoms with Crippen molar-refractivity contribution in [2.45, 2.75) is 78.1 Å². The van der Waals surface area contributed by atoms with E-state index in [1.54, 1.807) is 0 Å². The van der Waals surface area contributed by atoms with Crippen LogP contribution in [0.1, 0.15) is 78.1 Å². The van der Waals surface area contributed by atoms with Gasteiger partial charge in [0.15, 0.2) is 0 Å². The van der Waals surface area contributed by atoms with E-state index >= 15 is 0 Å². The molecule has 0 heterocycles. The summed E-state index contributed by atoms with van der Waals surface area (Å²) >= 11 is 0. The van der Waals surface area contributed by atoms with Crippen molar-refractivity contribution in [2.24, 2.45) is 0 Å². The van der Waals surface area contributed by atoms with E-state index < -0.39 is 10.4 Å². The summed E-state index contributed by atoms with van der Waals surface area (Å²) in [6, 6.07) is 0. The van der Waals surface area contributed by atoms with Gasteiger partial charge in [-0.2, -0.15) is 0 Å². The van der Waals surface area contributed by atoms with Gasteiger partial charge < -0.3 is 4.55 Å². The molecule has 0 aromatic carbocycles. The molecule has 0 fully saturated rings. The van der Waals surface area contributed by atoms with Gasteiger partial charge in [-0.05, 0) is 30.7 Å². The fourth-order valence-corrected chi connectivity index (χ4v) is 2.97. The van der Waals surface area contributed by atoms with Gasteiger partial charge in [0, 0.05) is 0 Å². The highest BCUT2D eigenvalue weighted by atomic mass is 32.3. The van der Waals surface area contributed by atoms with Crippen LogP contribution in [0.25, 0.3) is 0 Å². The SMILES string of the molecule is CCCCCCCCCCCC[S+](C)CC.COS(=O)(=O)[O-]. The van der Waals surface area contributed by atoms with Gasteiger partial charge in [-0.1, -0.05) is 58.3 Å². The fraction of sp³-hybridized carbons (Fsp3) is 1.00. The van der Waals surface area contributed by atoms with Crippen LogP contribution in [0.5, 0.6) is 0 Å². The Kier molecular flexibility index (Phi) is 19.5. The van der Waals surface area contributed by atoms with Crippen LogP contribution < -0.4 is 0 Å². The topological polar surface area (TPSA) is 66.4 Å². The Morgan fingerprint density at radius 2 is 1.23 bits per heavy atom. The van der Waals surface area contributed by atoms with E-state index in [0.29, 0.717) is 10.9 Å². The normalized spacial score (nSPS) is 12.6. The van der Waals surface area contributed by atoms with E-state index in [-0.39, 0.29) is 0 Å². The smallest absolute Gasteiger partial charge is 0.217 e. The minimum Gasteiger partial charge on any atom is -0.726 e. The molecule has 0 bridgehead atoms. The third-order valence-electron chi connectivity index (χ3n) is 3.54. The molecule has 0 amide bonds. The van der Waals surface area contributed by atoms with Crippen LogP contribution in [0.4, 0.5) is 0 Å². The number of unbranched alkanes of at least 4 members (excludes halogenated alkanes) is 9. The van der Waals surface area contributed by atoms with E-state index in [0.717, 1.165) is 7.11 Å². The highest BCUT2D eigenvalue weighted by Gasteiger charge is 2.05. The largest absolute Gasteiger partial charge is 0.726 e. The first-order valence-electron chi connectivity index (χ1n) is 8.47. The maximum absolute atomic E-state index is 9.22. The summed E-state index contributed by atoms with van der Waals surface area (Å²) in [7, 11) is -2.89. The van der Waals surface area contributed by atoms with E-state index in [4.69, 9.17) is 0 Å². The zero-order valence-electron chi connectivity index (χ0n) is 14.9. The third-order valence-corrected chi connectivity index (χ3v) is 5.92. The maximum Gasteiger partial charge on any atom is 0.217 e. The zero-order chi connectivity index (χ0) is 17.3. The summed E-state index contributed by atoms with van der Waals surface area (Å²) < 4.78 is 31.0. The van der Waals surface area contributed by atoms with Crippen molar-refractivity contribution in [3.05, 3.63) is 0 Å². The Morgan fingerprint density at radius 3 is 1.55 bits per heavy atom. The first-order chi connectivity index (χ1) is 10.4. The molecule has 0 radical (unpaired) electrons. The molecule has 0 aromatic heterocycles. The van der Waals surface area contributed by atoms with Crippen molar-refractivity contribution in [1.29, 1.82) is 0 Å². The van der Waals surface area contributed by atoms with Gasteiger partial charge in [0.25, 0.3) is 0 Å². The summed E-state index contributed by atoms with van der Waals surface area (Å²) in [5.41, 5.74) is 0. The van der Waals surface area contributed by atoms with Gasteiger partial charge in [0.1, 0.15) is 11.5 Å². The summed E-state index contributed by atoms with van der Waals surface area (Å²) in [6.07, 6.45) is 17.0. The molecule has 136 valence electrons. The molecule has 0 aliphatic carbocycles. The summed E-state index contributed by atoms with van der Waals surface area (Å²) in [6.45, 7) is 4.61. The van der Waals surface area contributed by atoms with Crippen molar-refractivity contribution in [3.8, 4) is 0 Å². The summed E-state index contributed by atoms with van der Waals surface area (Å²) in [5, 5.41) is 0. The Bertz CT molecular complexity index is 305. The lowest BCUT2D eigenvalue weighted by molar-refractivity contribution is 0.314. The van der Waals surface area contributed by atoms with Gasteiger partial charge >= 0.3 is 0 Å². The van der Waals surface area contributed by atoms with Crippen LogP contribution in [0, 0.1) is 0 Å². The molecule has 0 aromatic rings. The van der Waals surface area contributed by atoms with E-state index in [2.05, 4.69) is 24.3 Å². The monoisotopic (exact) mass is 356 g/mol. The van der Waals surface area contributed by atoms with Crippen LogP contribution in [-0.2, 0) is 25.5 Å². The quantitative estimate of drug-likeness (QED) is 0.214. The Labute approximate surface area is 141 Å². The average molecular weight is 357 g/mol. The van der Waals surface area contributed by atoms with E-state index in [1.165, 1.54) is 75.7 Å². The van der Waals surface area contributed by atoms with Crippen molar-refractivity contribution in [1.82, 2.24) is 0 Å². The molecule has 4 nitrogen and oxygen atoms in total. The lowest BCUT2D eigenvalue weighted by Gasteiger charge is -2.02. The molecule has 0 aliphatic heterocycles. The first-order valence-corrected chi connectivity index (χ1v) is 11.8. The minimum atomic E-state index is -4.41. The first kappa shape index (κ1) is 24.5. The average Bonchev–Trinajstić information content (AvgIpc) is 2.48. The lowest BCUT2D eigenvalue weighted by Crippen LogP contribution is -2.06. The molecule has 0 spiro atoms. The van der Waals surface area contributed by atoms with Crippen molar-refractivity contribution < 1.29 is 17.2 Å². The molecule has 0 aliphatic rings. The lowest BCUT2D eigenvalue weighted by atomic mass is 10.1. The van der Waals surface area contributed by atoms with Crippen molar-refractivity contribution in [2.75, 3.05) is 24.9 Å². The second-order valence-electron chi connectivity index (χ2n) is 5.53. The zero-order valence-corrected chi connectivity index (χ0v) is 16.6. The van der Waals surface area contributed by atoms with Gasteiger partial charge in [-0.15, -0.1) is 0 Å². The van der Waals surface area contributed by atoms with Crippen molar-refractivity contribution >= 4 is 21.3 Å². The molecule has 0 rings (SSSR count). The molecule has 0 N–H and O–H groups in total. The molecule has 0 saturated carbocycles. The molecule has 0 saturated heterocycles. The van der Waals surface area contributed by atoms with Crippen LogP contribution >= 0.6 is 0 Å². The standard InChI is InChI=1S/C15H33S.CH4O4S/c1-4-6-7-8-9-10-11-12-13-14-15-16(3)5-2;1-5-6(2,3)4/h4-15H2,1-3H3;1H3,(H,2,3,4)/q+1;/p-1. The second kappa shape index (κ2) is 17.6. The number of hydrogen-bond donors (Lipinski definition) is 0. The number of rotatable bonds is 13. The van der Waals surface area contributed by atoms with Gasteiger partial charge in [0.05, 0.1) is 13.4 Å². The van der Waals surface area contributed by atoms with Crippen LogP contribution in [0.15, 0.2) is 0 Å². The van der Waals surface area contributed by atoms with Crippen molar-refractivity contribution in [3.63, 3.8) is 0 Å². The Morgan fingerprint density at radius 1 is 0.864 bits per heavy atom. The molecule has 22 heavy (non-hydrogen) atoms. The third kappa shape index (κ3) is 25.2. The summed E-state index contributed by atoms with van der Waals surface area (Å²) in [4.78, 5) is 0. The molecular formula is C16H36O4S2. The molecule has 1 atom stereocenters. The highest BCUT2D eigenvalue weighted by molar-refractivity contribution is 7.96. The maximum atomic E-state index is 9.22. The molecule has 6 heteroatoms. The Hall–Kier alpha value is 0.220. The van der Waals surface area contributed by atoms with Crippen LogP contribution in [0.3, 0.4) is 0 Å². The van der Waals surface area contributed by atoms with Crippen LogP contribution in [-0.4, -0.2) is 37.8 Å². The fourth-order valence-electron chi connectivity index (χ4n) is 1.98. The minimum absolute atomic E-state index is 0.710. The highest BCUT2D eigenvalue weighted by Crippen LogP contribution is 2.11. The predicted octanol–water partition coefficient (Wildman–Crippen LogP) is 4.27. The Balaban J connectivity index is 0.